The van der Waals surface area contributed by atoms with Crippen LogP contribution in [0.4, 0.5) is 0 Å². The predicted octanol–water partition coefficient (Wildman–Crippen LogP) is 0.389. The molecule has 0 rings (SSSR count). The Balaban J connectivity index is 4.28. The molecule has 0 saturated carbocycles. The highest BCUT2D eigenvalue weighted by molar-refractivity contribution is 5.13. The van der Waals surface area contributed by atoms with Gasteiger partial charge in [-0.05, 0) is 6.42 Å². The maximum absolute atomic E-state index is 8.42. The van der Waals surface area contributed by atoms with Gasteiger partial charge in [0.15, 0.2) is 5.41 Å². The maximum Gasteiger partial charge on any atom is 0.155 e. The van der Waals surface area contributed by atoms with Crippen molar-refractivity contribution in [3.63, 3.8) is 0 Å². The molecule has 0 aromatic heterocycles. The van der Waals surface area contributed by atoms with Gasteiger partial charge in [0.05, 0.1) is 12.1 Å². The molecule has 0 amide bonds. The number of hydrogen-bond acceptors (Lipinski definition) is 3. The number of nitriles is 2. The summed E-state index contributed by atoms with van der Waals surface area (Å²) >= 11 is 0. The van der Waals surface area contributed by atoms with Crippen LogP contribution in [-0.4, -0.2) is 6.54 Å². The number of nitrogens with two attached hydrogens (primary N) is 1. The third kappa shape index (κ3) is 1.42. The highest BCUT2D eigenvalue weighted by atomic mass is 14.6. The number of hydrogen-bond donors (Lipinski definition) is 1. The molecule has 0 aliphatic carbocycles. The van der Waals surface area contributed by atoms with Crippen molar-refractivity contribution >= 4 is 0 Å². The van der Waals surface area contributed by atoms with Gasteiger partial charge in [0, 0.05) is 6.54 Å². The van der Waals surface area contributed by atoms with Crippen LogP contribution in [-0.2, 0) is 0 Å². The van der Waals surface area contributed by atoms with Crippen LogP contribution in [0.5, 0.6) is 0 Å². The Morgan fingerprint density at radius 2 is 1.89 bits per heavy atom. The molecule has 0 heterocycles. The van der Waals surface area contributed by atoms with Gasteiger partial charge in [-0.1, -0.05) is 6.92 Å². The second-order valence-corrected chi connectivity index (χ2v) is 1.86. The second-order valence-electron chi connectivity index (χ2n) is 1.86. The van der Waals surface area contributed by atoms with E-state index in [4.69, 9.17) is 16.3 Å². The lowest BCUT2D eigenvalue weighted by atomic mass is 9.89. The average molecular weight is 123 g/mol. The van der Waals surface area contributed by atoms with Crippen LogP contribution in [0.3, 0.4) is 0 Å². The van der Waals surface area contributed by atoms with Crippen molar-refractivity contribution in [2.45, 2.75) is 13.3 Å². The lowest BCUT2D eigenvalue weighted by Crippen LogP contribution is -2.25. The van der Waals surface area contributed by atoms with E-state index >= 15 is 0 Å². The summed E-state index contributed by atoms with van der Waals surface area (Å²) in [4.78, 5) is 0. The van der Waals surface area contributed by atoms with E-state index in [1.165, 1.54) is 0 Å². The smallest absolute Gasteiger partial charge is 0.155 e. The van der Waals surface area contributed by atoms with Gasteiger partial charge in [0.25, 0.3) is 0 Å². The van der Waals surface area contributed by atoms with Gasteiger partial charge in [0.1, 0.15) is 0 Å². The summed E-state index contributed by atoms with van der Waals surface area (Å²) < 4.78 is 0. The van der Waals surface area contributed by atoms with E-state index in [1.54, 1.807) is 6.92 Å². The third-order valence-electron chi connectivity index (χ3n) is 1.38. The van der Waals surface area contributed by atoms with E-state index in [0.717, 1.165) is 0 Å². The molecule has 0 bridgehead atoms. The molecular formula is C6H9N3. The first-order valence-electron chi connectivity index (χ1n) is 2.77. The largest absolute Gasteiger partial charge is 0.328 e. The van der Waals surface area contributed by atoms with Gasteiger partial charge in [-0.3, -0.25) is 0 Å². The van der Waals surface area contributed by atoms with Crippen LogP contribution in [0.2, 0.25) is 0 Å². The minimum absolute atomic E-state index is 0.122. The Bertz CT molecular complexity index is 140. The molecule has 0 saturated heterocycles. The van der Waals surface area contributed by atoms with Gasteiger partial charge in [-0.2, -0.15) is 10.5 Å². The molecule has 0 fully saturated rings. The number of nitrogens with zero attached hydrogens (tertiary/aromatic N) is 2. The van der Waals surface area contributed by atoms with Gasteiger partial charge in [0.2, 0.25) is 0 Å². The van der Waals surface area contributed by atoms with E-state index < -0.39 is 5.41 Å². The van der Waals surface area contributed by atoms with Gasteiger partial charge >= 0.3 is 0 Å². The zero-order chi connectivity index (χ0) is 7.33. The van der Waals surface area contributed by atoms with Crippen molar-refractivity contribution in [3.8, 4) is 12.1 Å². The van der Waals surface area contributed by atoms with Crippen molar-refractivity contribution in [3.05, 3.63) is 0 Å². The molecule has 0 aromatic carbocycles. The maximum atomic E-state index is 8.42. The molecule has 0 aromatic rings. The van der Waals surface area contributed by atoms with Gasteiger partial charge in [-0.15, -0.1) is 0 Å². The van der Waals surface area contributed by atoms with Crippen LogP contribution >= 0.6 is 0 Å². The molecule has 2 N–H and O–H groups in total. The fourth-order valence-electron chi connectivity index (χ4n) is 0.419. The van der Waals surface area contributed by atoms with Gasteiger partial charge in [-0.25, -0.2) is 0 Å². The molecule has 0 aliphatic heterocycles. The Hall–Kier alpha value is -1.06. The topological polar surface area (TPSA) is 73.6 Å². The summed E-state index contributed by atoms with van der Waals surface area (Å²) in [5.74, 6) is 0. The van der Waals surface area contributed by atoms with Gasteiger partial charge < -0.3 is 5.73 Å². The van der Waals surface area contributed by atoms with Crippen LogP contribution < -0.4 is 5.73 Å². The average Bonchev–Trinajstić information content (AvgIpc) is 1.95. The second kappa shape index (κ2) is 3.06. The highest BCUT2D eigenvalue weighted by Gasteiger charge is 2.24. The first-order chi connectivity index (χ1) is 4.24. The van der Waals surface area contributed by atoms with Crippen molar-refractivity contribution in [1.82, 2.24) is 0 Å². The van der Waals surface area contributed by atoms with Crippen LogP contribution in [0.1, 0.15) is 13.3 Å². The molecule has 0 spiro atoms. The molecule has 9 heavy (non-hydrogen) atoms. The van der Waals surface area contributed by atoms with Crippen LogP contribution in [0.25, 0.3) is 0 Å². The summed E-state index contributed by atoms with van der Waals surface area (Å²) in [5.41, 5.74) is 4.25. The monoisotopic (exact) mass is 123 g/mol. The van der Waals surface area contributed by atoms with E-state index in [2.05, 4.69) is 0 Å². The van der Waals surface area contributed by atoms with Crippen LogP contribution in [0.15, 0.2) is 0 Å². The van der Waals surface area contributed by atoms with Crippen molar-refractivity contribution in [2.75, 3.05) is 6.54 Å². The fraction of sp³-hybridized carbons (Fsp3) is 0.667. The molecule has 0 atom stereocenters. The van der Waals surface area contributed by atoms with E-state index in [9.17, 15) is 0 Å². The molecule has 3 nitrogen and oxygen atoms in total. The summed E-state index contributed by atoms with van der Waals surface area (Å²) in [5, 5.41) is 16.8. The van der Waals surface area contributed by atoms with Crippen LogP contribution in [0, 0.1) is 28.1 Å². The molecular weight excluding hydrogens is 114 g/mol. The zero-order valence-electron chi connectivity index (χ0n) is 5.39. The van der Waals surface area contributed by atoms with Crippen molar-refractivity contribution in [2.24, 2.45) is 11.1 Å². The molecule has 48 valence electrons. The Morgan fingerprint density at radius 3 is 1.89 bits per heavy atom. The standard InChI is InChI=1S/C6H9N3/c1-2-6(3-7,4-8)5-9/h2-3,7H2,1H3. The minimum Gasteiger partial charge on any atom is -0.328 e. The zero-order valence-corrected chi connectivity index (χ0v) is 5.39. The lowest BCUT2D eigenvalue weighted by Gasteiger charge is -2.10. The summed E-state index contributed by atoms with van der Waals surface area (Å²) in [6, 6.07) is 3.76. The molecule has 0 aliphatic rings. The minimum atomic E-state index is -0.944. The molecule has 0 radical (unpaired) electrons. The fourth-order valence-corrected chi connectivity index (χ4v) is 0.419. The Labute approximate surface area is 54.7 Å². The van der Waals surface area contributed by atoms with Crippen molar-refractivity contribution in [1.29, 1.82) is 10.5 Å². The third-order valence-corrected chi connectivity index (χ3v) is 1.38. The SMILES string of the molecule is CCC(C#N)(C#N)CN. The quantitative estimate of drug-likeness (QED) is 0.577. The number of rotatable bonds is 2. The Kier molecular flexibility index (Phi) is 2.70. The van der Waals surface area contributed by atoms with E-state index in [1.807, 2.05) is 12.1 Å². The molecule has 0 unspecified atom stereocenters. The van der Waals surface area contributed by atoms with E-state index in [-0.39, 0.29) is 6.54 Å². The summed E-state index contributed by atoms with van der Waals surface area (Å²) in [6.45, 7) is 1.90. The first kappa shape index (κ1) is 7.94. The van der Waals surface area contributed by atoms with Crippen molar-refractivity contribution < 1.29 is 0 Å². The lowest BCUT2D eigenvalue weighted by molar-refractivity contribution is 0.515. The normalized spacial score (nSPS) is 9.78. The predicted molar refractivity (Wildman–Crippen MR) is 33.0 cm³/mol. The summed E-state index contributed by atoms with van der Waals surface area (Å²) in [6.07, 6.45) is 0.497. The molecule has 3 heteroatoms. The highest BCUT2D eigenvalue weighted by Crippen LogP contribution is 2.16. The van der Waals surface area contributed by atoms with E-state index in [0.29, 0.717) is 6.42 Å². The first-order valence-corrected chi connectivity index (χ1v) is 2.77. The Morgan fingerprint density at radius 1 is 1.44 bits per heavy atom. The summed E-state index contributed by atoms with van der Waals surface area (Å²) in [7, 11) is 0.